The van der Waals surface area contributed by atoms with Crippen molar-refractivity contribution in [1.82, 2.24) is 0 Å². The van der Waals surface area contributed by atoms with Gasteiger partial charge in [-0.3, -0.25) is 0 Å². The maximum absolute atomic E-state index is 9.57. The van der Waals surface area contributed by atoms with Gasteiger partial charge in [0.25, 0.3) is 0 Å². The van der Waals surface area contributed by atoms with Crippen LogP contribution < -0.4 is 0 Å². The molecular formula is C8H18N2O2. The predicted molar refractivity (Wildman–Crippen MR) is 46.9 cm³/mol. The fourth-order valence-corrected chi connectivity index (χ4v) is 1.06. The average Bonchev–Trinajstić information content (AvgIpc) is 1.84. The fraction of sp³-hybridized carbons (Fsp3) is 1.00. The lowest BCUT2D eigenvalue weighted by Crippen LogP contribution is -2.22. The Bertz CT molecular complexity index is 144. The molecule has 0 heterocycles. The van der Waals surface area contributed by atoms with Crippen LogP contribution in [0.2, 0.25) is 0 Å². The molecule has 0 aromatic heterocycles. The van der Waals surface area contributed by atoms with Crippen LogP contribution in [0.25, 0.3) is 0 Å². The van der Waals surface area contributed by atoms with E-state index in [0.29, 0.717) is 12.3 Å². The van der Waals surface area contributed by atoms with Crippen LogP contribution in [0, 0.1) is 5.92 Å². The number of nitrogens with zero attached hydrogens (tertiary/aromatic N) is 2. The van der Waals surface area contributed by atoms with Crippen molar-refractivity contribution < 1.29 is 10.2 Å². The second-order valence-electron chi connectivity index (χ2n) is 3.50. The van der Waals surface area contributed by atoms with E-state index in [4.69, 9.17) is 5.11 Å². The number of hydrogen-bond donors (Lipinski definition) is 2. The maximum Gasteiger partial charge on any atom is 0.173 e. The van der Waals surface area contributed by atoms with Crippen LogP contribution in [0.1, 0.15) is 27.2 Å². The summed E-state index contributed by atoms with van der Waals surface area (Å²) in [5.74, 6) is 0.382. The van der Waals surface area contributed by atoms with Crippen molar-refractivity contribution >= 4 is 0 Å². The van der Waals surface area contributed by atoms with Crippen molar-refractivity contribution in [2.75, 3.05) is 13.2 Å². The topological polar surface area (TPSA) is 65.2 Å². The quantitative estimate of drug-likeness (QED) is 0.615. The maximum atomic E-state index is 9.57. The summed E-state index contributed by atoms with van der Waals surface area (Å²) in [6, 6.07) is 0. The summed E-state index contributed by atoms with van der Waals surface area (Å²) in [5, 5.41) is 25.3. The molecule has 1 unspecified atom stereocenters. The molecule has 0 fully saturated rings. The van der Waals surface area contributed by atoms with Crippen molar-refractivity contribution in [2.45, 2.75) is 32.9 Å². The molecule has 4 heteroatoms. The molecule has 0 saturated heterocycles. The zero-order chi connectivity index (χ0) is 9.61. The van der Waals surface area contributed by atoms with Gasteiger partial charge in [-0.05, 0) is 12.8 Å². The van der Waals surface area contributed by atoms with Crippen LogP contribution in [-0.4, -0.2) is 29.1 Å². The number of aliphatic hydroxyl groups excluding tert-OH is 1. The standard InChI is InChI=1S/C8H18N2O2/c1-7(2)6-8(3,12)10-9-4-5-11/h7,11-12H,4-6H2,1-3H3/b10-9+. The predicted octanol–water partition coefficient (Wildman–Crippen LogP) is 1.19. The van der Waals surface area contributed by atoms with Gasteiger partial charge in [-0.2, -0.15) is 10.2 Å². The van der Waals surface area contributed by atoms with Crippen molar-refractivity contribution in [3.05, 3.63) is 0 Å². The third kappa shape index (κ3) is 6.24. The molecule has 2 N–H and O–H groups in total. The molecule has 0 amide bonds. The Hall–Kier alpha value is -0.480. The average molecular weight is 174 g/mol. The lowest BCUT2D eigenvalue weighted by atomic mass is 10.0. The number of azo groups is 1. The smallest absolute Gasteiger partial charge is 0.173 e. The Labute approximate surface area is 73.3 Å². The summed E-state index contributed by atoms with van der Waals surface area (Å²) in [5.41, 5.74) is -1.08. The molecule has 0 aliphatic heterocycles. The van der Waals surface area contributed by atoms with Crippen LogP contribution in [-0.2, 0) is 0 Å². The Morgan fingerprint density at radius 1 is 1.42 bits per heavy atom. The molecular weight excluding hydrogens is 156 g/mol. The monoisotopic (exact) mass is 174 g/mol. The molecule has 0 spiro atoms. The van der Waals surface area contributed by atoms with Crippen LogP contribution in [0.4, 0.5) is 0 Å². The first kappa shape index (κ1) is 11.5. The van der Waals surface area contributed by atoms with Gasteiger partial charge in [0.15, 0.2) is 5.72 Å². The van der Waals surface area contributed by atoms with Gasteiger partial charge in [0.1, 0.15) is 0 Å². The minimum Gasteiger partial charge on any atom is -0.394 e. The van der Waals surface area contributed by atoms with Gasteiger partial charge in [0.2, 0.25) is 0 Å². The molecule has 12 heavy (non-hydrogen) atoms. The Kier molecular flexibility index (Phi) is 5.01. The Balaban J connectivity index is 3.85. The molecule has 0 saturated carbocycles. The van der Waals surface area contributed by atoms with Gasteiger partial charge in [-0.15, -0.1) is 0 Å². The van der Waals surface area contributed by atoms with E-state index in [9.17, 15) is 5.11 Å². The second kappa shape index (κ2) is 5.22. The molecule has 0 aromatic rings. The zero-order valence-corrected chi connectivity index (χ0v) is 7.99. The number of rotatable bonds is 5. The van der Waals surface area contributed by atoms with Crippen molar-refractivity contribution in [3.63, 3.8) is 0 Å². The van der Waals surface area contributed by atoms with E-state index in [2.05, 4.69) is 10.2 Å². The van der Waals surface area contributed by atoms with E-state index in [1.54, 1.807) is 6.92 Å². The summed E-state index contributed by atoms with van der Waals surface area (Å²) < 4.78 is 0. The first-order chi connectivity index (χ1) is 5.48. The highest BCUT2D eigenvalue weighted by molar-refractivity contribution is 4.68. The summed E-state index contributed by atoms with van der Waals surface area (Å²) in [6.45, 7) is 5.87. The lowest BCUT2D eigenvalue weighted by Gasteiger charge is -2.18. The van der Waals surface area contributed by atoms with Gasteiger partial charge in [-0.25, -0.2) is 0 Å². The highest BCUT2D eigenvalue weighted by Gasteiger charge is 2.20. The molecule has 72 valence electrons. The molecule has 4 nitrogen and oxygen atoms in total. The lowest BCUT2D eigenvalue weighted by molar-refractivity contribution is 0.0392. The van der Waals surface area contributed by atoms with E-state index in [0.717, 1.165) is 0 Å². The molecule has 1 atom stereocenters. The number of hydrogen-bond acceptors (Lipinski definition) is 4. The van der Waals surface area contributed by atoms with Crippen LogP contribution in [0.5, 0.6) is 0 Å². The zero-order valence-electron chi connectivity index (χ0n) is 7.99. The molecule has 0 rings (SSSR count). The first-order valence-electron chi connectivity index (χ1n) is 4.20. The first-order valence-corrected chi connectivity index (χ1v) is 4.20. The fourth-order valence-electron chi connectivity index (χ4n) is 1.06. The van der Waals surface area contributed by atoms with Crippen molar-refractivity contribution in [3.8, 4) is 0 Å². The largest absolute Gasteiger partial charge is 0.394 e. The van der Waals surface area contributed by atoms with Crippen LogP contribution >= 0.6 is 0 Å². The van der Waals surface area contributed by atoms with Crippen molar-refractivity contribution in [2.24, 2.45) is 16.1 Å². The molecule has 0 aromatic carbocycles. The third-order valence-electron chi connectivity index (χ3n) is 1.28. The Morgan fingerprint density at radius 3 is 2.42 bits per heavy atom. The molecule has 0 bridgehead atoms. The molecule has 0 aliphatic carbocycles. The minimum atomic E-state index is -1.08. The molecule has 0 aliphatic rings. The highest BCUT2D eigenvalue weighted by atomic mass is 16.3. The number of aliphatic hydroxyl groups is 2. The van der Waals surface area contributed by atoms with Gasteiger partial charge in [0.05, 0.1) is 13.2 Å². The van der Waals surface area contributed by atoms with E-state index < -0.39 is 5.72 Å². The van der Waals surface area contributed by atoms with Crippen LogP contribution in [0.15, 0.2) is 10.2 Å². The summed E-state index contributed by atoms with van der Waals surface area (Å²) in [7, 11) is 0. The summed E-state index contributed by atoms with van der Waals surface area (Å²) in [4.78, 5) is 0. The van der Waals surface area contributed by atoms with E-state index in [1.165, 1.54) is 0 Å². The van der Waals surface area contributed by atoms with Crippen LogP contribution in [0.3, 0.4) is 0 Å². The summed E-state index contributed by atoms with van der Waals surface area (Å²) >= 11 is 0. The van der Waals surface area contributed by atoms with Gasteiger partial charge in [-0.1, -0.05) is 13.8 Å². The second-order valence-corrected chi connectivity index (χ2v) is 3.50. The minimum absolute atomic E-state index is 0.0265. The normalized spacial score (nSPS) is 17.2. The van der Waals surface area contributed by atoms with E-state index in [-0.39, 0.29) is 13.2 Å². The van der Waals surface area contributed by atoms with Gasteiger partial charge in [0, 0.05) is 6.42 Å². The third-order valence-corrected chi connectivity index (χ3v) is 1.28. The van der Waals surface area contributed by atoms with Gasteiger partial charge < -0.3 is 10.2 Å². The molecule has 0 radical (unpaired) electrons. The SMILES string of the molecule is CC(C)CC(C)(O)/N=N/CCO. The summed E-state index contributed by atoms with van der Waals surface area (Å²) in [6.07, 6.45) is 0.585. The van der Waals surface area contributed by atoms with Gasteiger partial charge >= 0.3 is 0 Å². The Morgan fingerprint density at radius 2 is 2.00 bits per heavy atom. The van der Waals surface area contributed by atoms with E-state index in [1.807, 2.05) is 13.8 Å². The van der Waals surface area contributed by atoms with E-state index >= 15 is 0 Å². The van der Waals surface area contributed by atoms with Crippen molar-refractivity contribution in [1.29, 1.82) is 0 Å². The highest BCUT2D eigenvalue weighted by Crippen LogP contribution is 2.17.